The molecule has 0 spiro atoms. The van der Waals surface area contributed by atoms with E-state index < -0.39 is 29.8 Å². The minimum absolute atomic E-state index is 0.268. The maximum Gasteiger partial charge on any atom is 0.266 e. The third-order valence-electron chi connectivity index (χ3n) is 5.48. The highest BCUT2D eigenvalue weighted by molar-refractivity contribution is 9.10. The fraction of sp³-hybridized carbons (Fsp3) is 0.130. The SMILES string of the molecule is O=C1[C@H]2[C@@H](c3ccc(F)c(Br)c3)N(c3ccccc3)O[C@H]2C(=O)N1c1cccc(Cl)c1. The molecule has 8 heteroatoms. The molecule has 0 bridgehead atoms. The van der Waals surface area contributed by atoms with Crippen LogP contribution in [0.15, 0.2) is 77.3 Å². The second kappa shape index (κ2) is 7.75. The van der Waals surface area contributed by atoms with Gasteiger partial charge in [-0.3, -0.25) is 14.4 Å². The first kappa shape index (κ1) is 20.2. The number of halogens is 3. The van der Waals surface area contributed by atoms with Gasteiger partial charge in [0, 0.05) is 5.02 Å². The summed E-state index contributed by atoms with van der Waals surface area (Å²) in [4.78, 5) is 33.9. The van der Waals surface area contributed by atoms with Crippen LogP contribution in [-0.2, 0) is 14.4 Å². The van der Waals surface area contributed by atoms with Crippen LogP contribution < -0.4 is 9.96 Å². The van der Waals surface area contributed by atoms with E-state index in [9.17, 15) is 14.0 Å². The topological polar surface area (TPSA) is 49.9 Å². The summed E-state index contributed by atoms with van der Waals surface area (Å²) in [5.74, 6) is -2.06. The van der Waals surface area contributed by atoms with Gasteiger partial charge in [-0.25, -0.2) is 14.4 Å². The fourth-order valence-corrected chi connectivity index (χ4v) is 4.70. The van der Waals surface area contributed by atoms with E-state index in [2.05, 4.69) is 15.9 Å². The molecule has 0 N–H and O–H groups in total. The Bertz CT molecular complexity index is 1190. The largest absolute Gasteiger partial charge is 0.273 e. The van der Waals surface area contributed by atoms with Crippen LogP contribution >= 0.6 is 27.5 Å². The molecule has 2 saturated heterocycles. The standard InChI is InChI=1S/C23H15BrClFN2O3/c24-17-11-13(9-10-18(17)26)20-19-21(31-28(20)15-6-2-1-3-7-15)23(30)27(22(19)29)16-8-4-5-14(25)12-16/h1-12,19-21H/t19-,20+,21+/m0/s1. The molecule has 2 heterocycles. The van der Waals surface area contributed by atoms with Crippen LogP contribution in [0.25, 0.3) is 0 Å². The maximum atomic E-state index is 13.9. The summed E-state index contributed by atoms with van der Waals surface area (Å²) in [6, 6.07) is 19.7. The molecule has 0 aromatic heterocycles. The predicted octanol–water partition coefficient (Wildman–Crippen LogP) is 5.29. The summed E-state index contributed by atoms with van der Waals surface area (Å²) < 4.78 is 14.2. The first-order chi connectivity index (χ1) is 15.0. The van der Waals surface area contributed by atoms with Gasteiger partial charge in [-0.15, -0.1) is 0 Å². The Kier molecular flexibility index (Phi) is 5.04. The number of carbonyl (C=O) groups is 2. The maximum absolute atomic E-state index is 13.9. The lowest BCUT2D eigenvalue weighted by atomic mass is 9.90. The highest BCUT2D eigenvalue weighted by Gasteiger charge is 2.60. The number of carbonyl (C=O) groups excluding carboxylic acids is 2. The van der Waals surface area contributed by atoms with Gasteiger partial charge in [0.05, 0.1) is 21.9 Å². The van der Waals surface area contributed by atoms with Gasteiger partial charge in [-0.2, -0.15) is 0 Å². The monoisotopic (exact) mass is 500 g/mol. The molecule has 2 amide bonds. The Balaban J connectivity index is 1.61. The second-order valence-electron chi connectivity index (χ2n) is 7.32. The number of rotatable bonds is 3. The van der Waals surface area contributed by atoms with E-state index in [4.69, 9.17) is 16.4 Å². The van der Waals surface area contributed by atoms with Crippen molar-refractivity contribution in [1.82, 2.24) is 0 Å². The number of hydroxylamine groups is 1. The molecule has 3 aromatic carbocycles. The highest BCUT2D eigenvalue weighted by atomic mass is 79.9. The van der Waals surface area contributed by atoms with Crippen molar-refractivity contribution in [3.05, 3.63) is 93.7 Å². The average molecular weight is 502 g/mol. The van der Waals surface area contributed by atoms with E-state index in [0.717, 1.165) is 4.90 Å². The third-order valence-corrected chi connectivity index (χ3v) is 6.32. The Morgan fingerprint density at radius 2 is 1.65 bits per heavy atom. The summed E-state index contributed by atoms with van der Waals surface area (Å²) in [5, 5.41) is 1.99. The molecule has 31 heavy (non-hydrogen) atoms. The zero-order valence-corrected chi connectivity index (χ0v) is 18.3. The molecule has 5 rings (SSSR count). The molecule has 3 atom stereocenters. The third kappa shape index (κ3) is 3.33. The lowest BCUT2D eigenvalue weighted by Crippen LogP contribution is -2.37. The number of imide groups is 1. The summed E-state index contributed by atoms with van der Waals surface area (Å²) in [6.07, 6.45) is -1.000. The van der Waals surface area contributed by atoms with E-state index in [0.29, 0.717) is 22.0 Å². The van der Waals surface area contributed by atoms with Gasteiger partial charge >= 0.3 is 0 Å². The molecule has 2 aliphatic heterocycles. The van der Waals surface area contributed by atoms with Crippen molar-refractivity contribution in [3.8, 4) is 0 Å². The number of benzene rings is 3. The van der Waals surface area contributed by atoms with E-state index in [1.807, 2.05) is 30.3 Å². The van der Waals surface area contributed by atoms with Crippen LogP contribution in [0.4, 0.5) is 15.8 Å². The predicted molar refractivity (Wildman–Crippen MR) is 118 cm³/mol. The van der Waals surface area contributed by atoms with Crippen molar-refractivity contribution in [1.29, 1.82) is 0 Å². The van der Waals surface area contributed by atoms with Crippen LogP contribution in [0.3, 0.4) is 0 Å². The molecule has 0 unspecified atom stereocenters. The quantitative estimate of drug-likeness (QED) is 0.458. The number of para-hydroxylation sites is 1. The average Bonchev–Trinajstić information content (AvgIpc) is 3.27. The lowest BCUT2D eigenvalue weighted by Gasteiger charge is -2.29. The second-order valence-corrected chi connectivity index (χ2v) is 8.61. The number of anilines is 2. The summed E-state index contributed by atoms with van der Waals surface area (Å²) in [5.41, 5.74) is 1.74. The molecule has 3 aromatic rings. The van der Waals surface area contributed by atoms with E-state index >= 15 is 0 Å². The Morgan fingerprint density at radius 3 is 2.35 bits per heavy atom. The van der Waals surface area contributed by atoms with Gasteiger partial charge in [0.15, 0.2) is 6.10 Å². The van der Waals surface area contributed by atoms with Gasteiger partial charge in [0.25, 0.3) is 5.91 Å². The van der Waals surface area contributed by atoms with Crippen molar-refractivity contribution in [2.24, 2.45) is 5.92 Å². The number of fused-ring (bicyclic) bond motifs is 1. The van der Waals surface area contributed by atoms with Gasteiger partial charge in [0.2, 0.25) is 5.91 Å². The number of hydrogen-bond acceptors (Lipinski definition) is 4. The first-order valence-corrected chi connectivity index (χ1v) is 10.7. The van der Waals surface area contributed by atoms with Gasteiger partial charge in [0.1, 0.15) is 11.7 Å². The lowest BCUT2D eigenvalue weighted by molar-refractivity contribution is -0.126. The minimum atomic E-state index is -1.000. The van der Waals surface area contributed by atoms with Gasteiger partial charge < -0.3 is 0 Å². The first-order valence-electron chi connectivity index (χ1n) is 9.55. The Hall–Kier alpha value is -2.74. The summed E-state index contributed by atoms with van der Waals surface area (Å²) in [6.45, 7) is 0. The minimum Gasteiger partial charge on any atom is -0.273 e. The Morgan fingerprint density at radius 1 is 0.903 bits per heavy atom. The van der Waals surface area contributed by atoms with Crippen LogP contribution in [0.5, 0.6) is 0 Å². The van der Waals surface area contributed by atoms with Crippen LogP contribution in [-0.4, -0.2) is 17.9 Å². The molecular formula is C23H15BrClFN2O3. The molecule has 0 aliphatic carbocycles. The van der Waals surface area contributed by atoms with Crippen molar-refractivity contribution in [2.75, 3.05) is 9.96 Å². The zero-order valence-electron chi connectivity index (χ0n) is 15.9. The van der Waals surface area contributed by atoms with Crippen molar-refractivity contribution in [3.63, 3.8) is 0 Å². The number of amides is 2. The Labute approximate surface area is 191 Å². The van der Waals surface area contributed by atoms with Gasteiger partial charge in [-0.05, 0) is 64.0 Å². The van der Waals surface area contributed by atoms with Gasteiger partial charge in [-0.1, -0.05) is 41.9 Å². The molecule has 0 radical (unpaired) electrons. The van der Waals surface area contributed by atoms with E-state index in [-0.39, 0.29) is 10.4 Å². The molecule has 0 saturated carbocycles. The van der Waals surface area contributed by atoms with Crippen LogP contribution in [0, 0.1) is 11.7 Å². The molecular weight excluding hydrogens is 487 g/mol. The van der Waals surface area contributed by atoms with Crippen molar-refractivity contribution < 1.29 is 18.8 Å². The van der Waals surface area contributed by atoms with Crippen molar-refractivity contribution >= 4 is 50.7 Å². The highest BCUT2D eigenvalue weighted by Crippen LogP contribution is 2.48. The molecule has 156 valence electrons. The number of hydrogen-bond donors (Lipinski definition) is 0. The normalized spacial score (nSPS) is 22.9. The van der Waals surface area contributed by atoms with Crippen molar-refractivity contribution in [2.45, 2.75) is 12.1 Å². The van der Waals surface area contributed by atoms with Crippen LogP contribution in [0.2, 0.25) is 5.02 Å². The smallest absolute Gasteiger partial charge is 0.266 e. The molecule has 5 nitrogen and oxygen atoms in total. The zero-order chi connectivity index (χ0) is 21.7. The number of nitrogens with zero attached hydrogens (tertiary/aromatic N) is 2. The summed E-state index contributed by atoms with van der Waals surface area (Å²) in [7, 11) is 0. The van der Waals surface area contributed by atoms with Crippen LogP contribution in [0.1, 0.15) is 11.6 Å². The molecule has 2 aliphatic rings. The summed E-state index contributed by atoms with van der Waals surface area (Å²) >= 11 is 9.28. The molecule has 2 fully saturated rings. The van der Waals surface area contributed by atoms with E-state index in [1.54, 1.807) is 41.5 Å². The van der Waals surface area contributed by atoms with E-state index in [1.165, 1.54) is 6.07 Å². The fourth-order valence-electron chi connectivity index (χ4n) is 4.12.